The second kappa shape index (κ2) is 3.93. The summed E-state index contributed by atoms with van der Waals surface area (Å²) in [7, 11) is -1.30. The lowest BCUT2D eigenvalue weighted by Crippen LogP contribution is -2.34. The Morgan fingerprint density at radius 1 is 1.64 bits per heavy atom. The zero-order valence-electron chi connectivity index (χ0n) is 8.72. The molecular weight excluding hydrogens is 241 g/mol. The van der Waals surface area contributed by atoms with Crippen LogP contribution < -0.4 is 5.14 Å². The van der Waals surface area contributed by atoms with Crippen LogP contribution in [0.2, 0.25) is 0 Å². The molecule has 14 heavy (non-hydrogen) atoms. The van der Waals surface area contributed by atoms with Crippen LogP contribution in [0.4, 0.5) is 0 Å². The number of hydrogen-bond donors (Lipinski definition) is 1. The van der Waals surface area contributed by atoms with E-state index in [0.29, 0.717) is 11.8 Å². The molecule has 1 saturated carbocycles. The van der Waals surface area contributed by atoms with Gasteiger partial charge in [-0.05, 0) is 38.5 Å². The topological polar surface area (TPSA) is 43.1 Å². The fourth-order valence-corrected chi connectivity index (χ4v) is 3.04. The Balaban J connectivity index is 2.50. The van der Waals surface area contributed by atoms with E-state index in [-0.39, 0.29) is 4.75 Å². The molecule has 0 aromatic carbocycles. The first kappa shape index (κ1) is 12.8. The van der Waals surface area contributed by atoms with Crippen LogP contribution in [0.5, 0.6) is 0 Å². The van der Waals surface area contributed by atoms with E-state index in [1.807, 2.05) is 13.8 Å². The predicted molar refractivity (Wildman–Crippen MR) is 62.7 cm³/mol. The molecule has 0 bridgehead atoms. The standard InChI is InChI=1S/C9H17Cl2NOS/c1-6(7-5-9(7,10)11)4-8(2,3)14(12)13/h6-7H,4-5,12H2,1-3H3/t6-,7+,14?/m1/s1. The van der Waals surface area contributed by atoms with Crippen LogP contribution in [0.25, 0.3) is 0 Å². The summed E-state index contributed by atoms with van der Waals surface area (Å²) >= 11 is 11.9. The highest BCUT2D eigenvalue weighted by atomic mass is 35.5. The molecule has 1 fully saturated rings. The number of rotatable bonds is 4. The van der Waals surface area contributed by atoms with Crippen molar-refractivity contribution in [2.45, 2.75) is 42.7 Å². The van der Waals surface area contributed by atoms with Crippen molar-refractivity contribution >= 4 is 34.2 Å². The molecule has 0 heterocycles. The molecule has 0 saturated heterocycles. The fraction of sp³-hybridized carbons (Fsp3) is 1.00. The third kappa shape index (κ3) is 2.84. The van der Waals surface area contributed by atoms with E-state index in [0.717, 1.165) is 12.8 Å². The predicted octanol–water partition coefficient (Wildman–Crippen LogP) is 2.61. The van der Waals surface area contributed by atoms with E-state index in [2.05, 4.69) is 6.92 Å². The second-order valence-corrected chi connectivity index (χ2v) is 8.05. The summed E-state index contributed by atoms with van der Waals surface area (Å²) in [5, 5.41) is 5.41. The highest BCUT2D eigenvalue weighted by Gasteiger charge is 2.54. The van der Waals surface area contributed by atoms with E-state index in [9.17, 15) is 4.21 Å². The van der Waals surface area contributed by atoms with E-state index in [4.69, 9.17) is 28.3 Å². The van der Waals surface area contributed by atoms with Gasteiger partial charge in [0.15, 0.2) is 0 Å². The van der Waals surface area contributed by atoms with Gasteiger partial charge in [-0.3, -0.25) is 5.14 Å². The first-order valence-corrected chi connectivity index (χ1v) is 6.68. The number of nitrogens with two attached hydrogens (primary N) is 1. The van der Waals surface area contributed by atoms with E-state index in [1.54, 1.807) is 0 Å². The van der Waals surface area contributed by atoms with Crippen LogP contribution in [0.15, 0.2) is 0 Å². The van der Waals surface area contributed by atoms with Gasteiger partial charge < -0.3 is 0 Å². The number of alkyl halides is 2. The maximum Gasteiger partial charge on any atom is 0.121 e. The summed E-state index contributed by atoms with van der Waals surface area (Å²) in [4.78, 5) is 0. The van der Waals surface area contributed by atoms with Crippen molar-refractivity contribution in [2.24, 2.45) is 17.0 Å². The van der Waals surface area contributed by atoms with Crippen molar-refractivity contribution in [3.63, 3.8) is 0 Å². The summed E-state index contributed by atoms with van der Waals surface area (Å²) in [6.45, 7) is 5.91. The van der Waals surface area contributed by atoms with E-state index < -0.39 is 15.3 Å². The van der Waals surface area contributed by atoms with Crippen molar-refractivity contribution in [1.82, 2.24) is 0 Å². The van der Waals surface area contributed by atoms with Crippen molar-refractivity contribution in [2.75, 3.05) is 0 Å². The van der Waals surface area contributed by atoms with Crippen LogP contribution in [0.1, 0.15) is 33.6 Å². The van der Waals surface area contributed by atoms with E-state index >= 15 is 0 Å². The van der Waals surface area contributed by atoms with Gasteiger partial charge >= 0.3 is 0 Å². The Hall–Kier alpha value is 0.690. The molecule has 1 unspecified atom stereocenters. The summed E-state index contributed by atoms with van der Waals surface area (Å²) in [6.07, 6.45) is 1.63. The molecule has 0 aromatic heterocycles. The van der Waals surface area contributed by atoms with Crippen LogP contribution in [0, 0.1) is 11.8 Å². The Labute approximate surface area is 98.1 Å². The fourth-order valence-electron chi connectivity index (χ4n) is 1.85. The van der Waals surface area contributed by atoms with Crippen molar-refractivity contribution in [1.29, 1.82) is 0 Å². The van der Waals surface area contributed by atoms with Crippen molar-refractivity contribution < 1.29 is 4.21 Å². The molecule has 0 amide bonds. The smallest absolute Gasteiger partial charge is 0.121 e. The number of hydrogen-bond acceptors (Lipinski definition) is 1. The molecule has 0 aliphatic heterocycles. The number of halogens is 2. The molecule has 2 N–H and O–H groups in total. The zero-order chi connectivity index (χ0) is 11.1. The maximum absolute atomic E-state index is 11.2. The first-order chi connectivity index (χ1) is 6.17. The summed E-state index contributed by atoms with van der Waals surface area (Å²) in [5.74, 6) is 0.696. The summed E-state index contributed by atoms with van der Waals surface area (Å²) in [5.41, 5.74) is 0. The van der Waals surface area contributed by atoms with Gasteiger partial charge in [0.25, 0.3) is 0 Å². The third-order valence-corrected chi connectivity index (χ3v) is 5.04. The molecular formula is C9H17Cl2NOS. The molecule has 5 heteroatoms. The Bertz CT molecular complexity index is 255. The van der Waals surface area contributed by atoms with Gasteiger partial charge in [0.1, 0.15) is 4.33 Å². The normalized spacial score (nSPS) is 29.7. The van der Waals surface area contributed by atoms with Gasteiger partial charge in [0, 0.05) is 0 Å². The minimum atomic E-state index is -1.30. The zero-order valence-corrected chi connectivity index (χ0v) is 11.0. The second-order valence-electron chi connectivity index (χ2n) is 4.81. The monoisotopic (exact) mass is 257 g/mol. The summed E-state index contributed by atoms with van der Waals surface area (Å²) < 4.78 is 10.3. The van der Waals surface area contributed by atoms with Crippen LogP contribution >= 0.6 is 23.2 Å². The van der Waals surface area contributed by atoms with Gasteiger partial charge in [0.2, 0.25) is 0 Å². The Kier molecular flexibility index (Phi) is 3.58. The molecule has 2 nitrogen and oxygen atoms in total. The van der Waals surface area contributed by atoms with Crippen LogP contribution in [-0.4, -0.2) is 13.3 Å². The van der Waals surface area contributed by atoms with Gasteiger partial charge in [-0.2, -0.15) is 0 Å². The third-order valence-electron chi connectivity index (χ3n) is 2.92. The molecule has 0 aromatic rings. The first-order valence-electron chi connectivity index (χ1n) is 4.71. The van der Waals surface area contributed by atoms with Crippen LogP contribution in [-0.2, 0) is 11.0 Å². The minimum Gasteiger partial charge on any atom is -0.251 e. The van der Waals surface area contributed by atoms with Gasteiger partial charge in [-0.25, -0.2) is 4.21 Å². The van der Waals surface area contributed by atoms with Crippen molar-refractivity contribution in [3.8, 4) is 0 Å². The lowest BCUT2D eigenvalue weighted by Gasteiger charge is -2.25. The molecule has 84 valence electrons. The molecule has 0 spiro atoms. The molecule has 0 radical (unpaired) electrons. The average Bonchev–Trinajstić information content (AvgIpc) is 2.58. The molecule has 1 aliphatic rings. The highest BCUT2D eigenvalue weighted by Crippen LogP contribution is 2.58. The minimum absolute atomic E-state index is 0.327. The molecule has 1 aliphatic carbocycles. The molecule has 1 rings (SSSR count). The quantitative estimate of drug-likeness (QED) is 0.774. The lowest BCUT2D eigenvalue weighted by molar-refractivity contribution is 0.412. The molecule has 3 atom stereocenters. The van der Waals surface area contributed by atoms with Gasteiger partial charge in [0.05, 0.1) is 15.7 Å². The van der Waals surface area contributed by atoms with Crippen molar-refractivity contribution in [3.05, 3.63) is 0 Å². The van der Waals surface area contributed by atoms with E-state index in [1.165, 1.54) is 0 Å². The van der Waals surface area contributed by atoms with Crippen LogP contribution in [0.3, 0.4) is 0 Å². The Morgan fingerprint density at radius 3 is 2.36 bits per heavy atom. The summed E-state index contributed by atoms with van der Waals surface area (Å²) in [6, 6.07) is 0. The average molecular weight is 258 g/mol. The SMILES string of the molecule is C[C@H](CC(C)(C)S(N)=O)[C@@H]1CC1(Cl)Cl. The largest absolute Gasteiger partial charge is 0.251 e. The Morgan fingerprint density at radius 2 is 2.07 bits per heavy atom. The van der Waals surface area contributed by atoms with Gasteiger partial charge in [-0.15, -0.1) is 23.2 Å². The highest BCUT2D eigenvalue weighted by molar-refractivity contribution is 7.84. The van der Waals surface area contributed by atoms with Gasteiger partial charge in [-0.1, -0.05) is 6.92 Å². The maximum atomic E-state index is 11.2. The lowest BCUT2D eigenvalue weighted by atomic mass is 9.94.